The topological polar surface area (TPSA) is 84.5 Å². The van der Waals surface area contributed by atoms with Crippen LogP contribution in [0.15, 0.2) is 35.2 Å². The third-order valence-electron chi connectivity index (χ3n) is 3.52. The highest BCUT2D eigenvalue weighted by Crippen LogP contribution is 2.28. The second kappa shape index (κ2) is 8.18. The van der Waals surface area contributed by atoms with Crippen LogP contribution in [0, 0.1) is 0 Å². The Kier molecular flexibility index (Phi) is 6.57. The molecule has 0 saturated heterocycles. The van der Waals surface area contributed by atoms with Gasteiger partial charge in [-0.2, -0.15) is 0 Å². The summed E-state index contributed by atoms with van der Waals surface area (Å²) in [5.41, 5.74) is -0.450. The minimum absolute atomic E-state index is 0.0839. The molecule has 0 spiro atoms. The Morgan fingerprint density at radius 1 is 1.22 bits per heavy atom. The fraction of sp³-hybridized carbons (Fsp3) is 0.389. The maximum atomic E-state index is 12.7. The predicted molar refractivity (Wildman–Crippen MR) is 108 cm³/mol. The first-order chi connectivity index (χ1) is 12.4. The van der Waals surface area contributed by atoms with E-state index in [0.29, 0.717) is 4.34 Å². The van der Waals surface area contributed by atoms with E-state index in [4.69, 9.17) is 16.3 Å². The van der Waals surface area contributed by atoms with Gasteiger partial charge in [-0.05, 0) is 58.0 Å². The molecule has 0 aliphatic carbocycles. The minimum atomic E-state index is -3.86. The first-order valence-electron chi connectivity index (χ1n) is 8.21. The summed E-state index contributed by atoms with van der Waals surface area (Å²) >= 11 is 7.31. The fourth-order valence-electron chi connectivity index (χ4n) is 2.40. The molecule has 0 bridgehead atoms. The largest absolute Gasteiger partial charge is 0.495 e. The predicted octanol–water partition coefficient (Wildman–Crippen LogP) is 3.98. The fourth-order valence-corrected chi connectivity index (χ4v) is 5.08. The maximum Gasteiger partial charge on any atom is 0.251 e. The molecule has 1 atom stereocenters. The number of rotatable bonds is 6. The molecular formula is C18H23ClN2O4S2. The minimum Gasteiger partial charge on any atom is -0.495 e. The summed E-state index contributed by atoms with van der Waals surface area (Å²) in [6, 6.07) is 7.66. The smallest absolute Gasteiger partial charge is 0.251 e. The number of halogens is 1. The van der Waals surface area contributed by atoms with Gasteiger partial charge >= 0.3 is 0 Å². The van der Waals surface area contributed by atoms with Crippen LogP contribution < -0.4 is 14.8 Å². The van der Waals surface area contributed by atoms with Gasteiger partial charge in [-0.1, -0.05) is 11.6 Å². The lowest BCUT2D eigenvalue weighted by Gasteiger charge is -2.21. The van der Waals surface area contributed by atoms with Crippen molar-refractivity contribution in [3.63, 3.8) is 0 Å². The lowest BCUT2D eigenvalue weighted by atomic mass is 10.1. The number of amides is 1. The molecule has 0 radical (unpaired) electrons. The molecule has 6 nitrogen and oxygen atoms in total. The molecule has 1 aromatic heterocycles. The molecule has 2 N–H and O–H groups in total. The lowest BCUT2D eigenvalue weighted by Crippen LogP contribution is -2.40. The summed E-state index contributed by atoms with van der Waals surface area (Å²) in [6.07, 6.45) is 0. The first-order valence-corrected chi connectivity index (χ1v) is 10.9. The molecule has 0 fully saturated rings. The summed E-state index contributed by atoms with van der Waals surface area (Å²) in [6.45, 7) is 7.05. The van der Waals surface area contributed by atoms with E-state index in [1.165, 1.54) is 36.6 Å². The van der Waals surface area contributed by atoms with Crippen molar-refractivity contribution in [1.29, 1.82) is 0 Å². The molecule has 1 heterocycles. The standard InChI is InChI=1S/C18H23ClN2O4S2/c1-11(14-8-9-16(19)26-14)20-17(22)12-6-7-13(25-5)15(10-12)27(23,24)21-18(2,3)4/h6-11,21H,1-5H3,(H,20,22). The Bertz CT molecular complexity index is 933. The van der Waals surface area contributed by atoms with E-state index in [-0.39, 0.29) is 28.2 Å². The van der Waals surface area contributed by atoms with Crippen molar-refractivity contribution in [2.75, 3.05) is 7.11 Å². The highest BCUT2D eigenvalue weighted by molar-refractivity contribution is 7.89. The van der Waals surface area contributed by atoms with Gasteiger partial charge < -0.3 is 10.1 Å². The molecule has 148 valence electrons. The number of benzene rings is 1. The zero-order valence-corrected chi connectivity index (χ0v) is 18.2. The summed E-state index contributed by atoms with van der Waals surface area (Å²) in [4.78, 5) is 13.4. The van der Waals surface area contributed by atoms with E-state index in [1.54, 1.807) is 26.8 Å². The van der Waals surface area contributed by atoms with Crippen molar-refractivity contribution in [1.82, 2.24) is 10.0 Å². The highest BCUT2D eigenvalue weighted by Gasteiger charge is 2.26. The van der Waals surface area contributed by atoms with E-state index in [9.17, 15) is 13.2 Å². The van der Waals surface area contributed by atoms with Crippen LogP contribution in [0.2, 0.25) is 4.34 Å². The number of methoxy groups -OCH3 is 1. The van der Waals surface area contributed by atoms with Crippen LogP contribution in [0.1, 0.15) is 49.0 Å². The third kappa shape index (κ3) is 5.68. The van der Waals surface area contributed by atoms with Gasteiger partial charge in [0.25, 0.3) is 5.91 Å². The molecule has 1 aromatic carbocycles. The van der Waals surface area contributed by atoms with Crippen molar-refractivity contribution in [3.8, 4) is 5.75 Å². The zero-order valence-electron chi connectivity index (χ0n) is 15.8. The number of nitrogens with one attached hydrogen (secondary N) is 2. The van der Waals surface area contributed by atoms with Gasteiger partial charge in [0, 0.05) is 16.0 Å². The van der Waals surface area contributed by atoms with Crippen molar-refractivity contribution in [2.45, 2.75) is 44.2 Å². The van der Waals surface area contributed by atoms with Crippen LogP contribution in [0.25, 0.3) is 0 Å². The van der Waals surface area contributed by atoms with E-state index >= 15 is 0 Å². The zero-order chi connectivity index (χ0) is 20.4. The Labute approximate surface area is 168 Å². The number of carbonyl (C=O) groups excluding carboxylic acids is 1. The molecule has 1 unspecified atom stereocenters. The Morgan fingerprint density at radius 3 is 2.41 bits per heavy atom. The van der Waals surface area contributed by atoms with E-state index in [2.05, 4.69) is 10.0 Å². The van der Waals surface area contributed by atoms with Gasteiger partial charge in [0.1, 0.15) is 10.6 Å². The van der Waals surface area contributed by atoms with Gasteiger partial charge in [-0.15, -0.1) is 11.3 Å². The van der Waals surface area contributed by atoms with E-state index in [1.807, 2.05) is 13.0 Å². The lowest BCUT2D eigenvalue weighted by molar-refractivity contribution is 0.0940. The Morgan fingerprint density at radius 2 is 1.89 bits per heavy atom. The van der Waals surface area contributed by atoms with E-state index < -0.39 is 15.6 Å². The van der Waals surface area contributed by atoms with Gasteiger partial charge in [0.2, 0.25) is 10.0 Å². The number of hydrogen-bond donors (Lipinski definition) is 2. The molecule has 2 rings (SSSR count). The molecule has 0 saturated carbocycles. The second-order valence-electron chi connectivity index (χ2n) is 7.06. The van der Waals surface area contributed by atoms with Gasteiger partial charge in [0.05, 0.1) is 17.5 Å². The summed E-state index contributed by atoms with van der Waals surface area (Å²) in [5.74, 6) is -0.219. The van der Waals surface area contributed by atoms with Crippen molar-refractivity contribution in [2.24, 2.45) is 0 Å². The second-order valence-corrected chi connectivity index (χ2v) is 10.5. The molecule has 0 aliphatic heterocycles. The SMILES string of the molecule is COc1ccc(C(=O)NC(C)c2ccc(Cl)s2)cc1S(=O)(=O)NC(C)(C)C. The monoisotopic (exact) mass is 430 g/mol. The maximum absolute atomic E-state index is 12.7. The molecule has 2 aromatic rings. The van der Waals surface area contributed by atoms with Crippen LogP contribution in [-0.2, 0) is 10.0 Å². The number of ether oxygens (including phenoxy) is 1. The van der Waals surface area contributed by atoms with Crippen LogP contribution in [0.3, 0.4) is 0 Å². The number of thiophene rings is 1. The third-order valence-corrected chi connectivity index (χ3v) is 6.72. The van der Waals surface area contributed by atoms with Gasteiger partial charge in [0.15, 0.2) is 0 Å². The van der Waals surface area contributed by atoms with E-state index in [0.717, 1.165) is 4.88 Å². The average Bonchev–Trinajstić information content (AvgIpc) is 2.98. The molecule has 27 heavy (non-hydrogen) atoms. The quantitative estimate of drug-likeness (QED) is 0.725. The van der Waals surface area contributed by atoms with Crippen molar-refractivity contribution >= 4 is 38.9 Å². The number of sulfonamides is 1. The van der Waals surface area contributed by atoms with Gasteiger partial charge in [-0.25, -0.2) is 13.1 Å². The highest BCUT2D eigenvalue weighted by atomic mass is 35.5. The molecular weight excluding hydrogens is 408 g/mol. The summed E-state index contributed by atoms with van der Waals surface area (Å²) in [7, 11) is -2.48. The Hall–Kier alpha value is -1.61. The van der Waals surface area contributed by atoms with Crippen LogP contribution in [-0.4, -0.2) is 27.0 Å². The molecule has 9 heteroatoms. The van der Waals surface area contributed by atoms with Crippen molar-refractivity contribution < 1.29 is 17.9 Å². The summed E-state index contributed by atoms with van der Waals surface area (Å²) < 4.78 is 33.8. The van der Waals surface area contributed by atoms with Crippen LogP contribution in [0.4, 0.5) is 0 Å². The van der Waals surface area contributed by atoms with Crippen LogP contribution >= 0.6 is 22.9 Å². The Balaban J connectivity index is 2.32. The number of carbonyl (C=O) groups is 1. The van der Waals surface area contributed by atoms with Gasteiger partial charge in [-0.3, -0.25) is 4.79 Å². The summed E-state index contributed by atoms with van der Waals surface area (Å²) in [5, 5.41) is 2.85. The molecule has 0 aliphatic rings. The first kappa shape index (κ1) is 21.7. The van der Waals surface area contributed by atoms with Crippen molar-refractivity contribution in [3.05, 3.63) is 45.1 Å². The average molecular weight is 431 g/mol. The molecule has 1 amide bonds. The number of hydrogen-bond acceptors (Lipinski definition) is 5. The normalized spacial score (nSPS) is 13.3. The van der Waals surface area contributed by atoms with Crippen LogP contribution in [0.5, 0.6) is 5.75 Å².